The molecule has 1 atom stereocenters. The lowest BCUT2D eigenvalue weighted by Gasteiger charge is -2.18. The molecule has 2 heteroatoms. The minimum Gasteiger partial charge on any atom is -0.352 e. The maximum atomic E-state index is 3.74. The lowest BCUT2D eigenvalue weighted by atomic mass is 10.0. The molecule has 0 saturated heterocycles. The molecule has 0 aliphatic carbocycles. The van der Waals surface area contributed by atoms with Crippen molar-refractivity contribution in [2.75, 3.05) is 0 Å². The van der Waals surface area contributed by atoms with Crippen LogP contribution < -0.4 is 5.32 Å². The number of hydrogen-bond acceptors (Lipinski definition) is 1. The molecule has 0 aromatic carbocycles. The summed E-state index contributed by atoms with van der Waals surface area (Å²) in [7, 11) is 2.15. The zero-order valence-electron chi connectivity index (χ0n) is 12.8. The first-order valence-corrected chi connectivity index (χ1v) is 7.45. The molecule has 0 aliphatic heterocycles. The highest BCUT2D eigenvalue weighted by Gasteiger charge is 2.10. The summed E-state index contributed by atoms with van der Waals surface area (Å²) in [5.41, 5.74) is 4.20. The van der Waals surface area contributed by atoms with Crippen molar-refractivity contribution >= 4 is 0 Å². The Morgan fingerprint density at radius 2 is 1.89 bits per heavy atom. The Labute approximate surface area is 113 Å². The Balaban J connectivity index is 2.52. The molecule has 104 valence electrons. The Morgan fingerprint density at radius 1 is 1.17 bits per heavy atom. The van der Waals surface area contributed by atoms with Gasteiger partial charge in [0.05, 0.1) is 0 Å². The van der Waals surface area contributed by atoms with E-state index in [2.05, 4.69) is 50.7 Å². The van der Waals surface area contributed by atoms with Crippen LogP contribution in [0.1, 0.15) is 62.9 Å². The Kier molecular flexibility index (Phi) is 6.48. The first-order valence-electron chi connectivity index (χ1n) is 7.45. The lowest BCUT2D eigenvalue weighted by molar-refractivity contribution is 0.433. The molecule has 2 nitrogen and oxygen atoms in total. The standard InChI is InChI=1S/C16H30N2/c1-6-8-10-16(9-7-2)17-12-15-11-13(3)18(5)14(15)4/h11,16-17H,6-10,12H2,1-5H3. The minimum atomic E-state index is 0.690. The van der Waals surface area contributed by atoms with Gasteiger partial charge >= 0.3 is 0 Å². The number of unbranched alkanes of at least 4 members (excludes halogenated alkanes) is 1. The molecule has 1 unspecified atom stereocenters. The third-order valence-corrected chi connectivity index (χ3v) is 4.00. The van der Waals surface area contributed by atoms with Gasteiger partial charge in [-0.25, -0.2) is 0 Å². The molecule has 0 bridgehead atoms. The molecule has 1 N–H and O–H groups in total. The van der Waals surface area contributed by atoms with Crippen LogP contribution in [0.5, 0.6) is 0 Å². The third kappa shape index (κ3) is 4.16. The van der Waals surface area contributed by atoms with Crippen LogP contribution in [-0.4, -0.2) is 10.6 Å². The van der Waals surface area contributed by atoms with Crippen molar-refractivity contribution in [3.05, 3.63) is 23.0 Å². The predicted octanol–water partition coefficient (Wildman–Crippen LogP) is 4.09. The summed E-state index contributed by atoms with van der Waals surface area (Å²) in [4.78, 5) is 0. The van der Waals surface area contributed by atoms with Crippen molar-refractivity contribution in [3.8, 4) is 0 Å². The first-order chi connectivity index (χ1) is 8.60. The third-order valence-electron chi connectivity index (χ3n) is 4.00. The van der Waals surface area contributed by atoms with Gasteiger partial charge in [0.1, 0.15) is 0 Å². The van der Waals surface area contributed by atoms with Crippen LogP contribution in [0.25, 0.3) is 0 Å². The van der Waals surface area contributed by atoms with Crippen molar-refractivity contribution < 1.29 is 0 Å². The second-order valence-corrected chi connectivity index (χ2v) is 5.46. The van der Waals surface area contributed by atoms with Gasteiger partial charge in [-0.3, -0.25) is 0 Å². The van der Waals surface area contributed by atoms with E-state index >= 15 is 0 Å². The van der Waals surface area contributed by atoms with E-state index in [0.717, 1.165) is 6.54 Å². The zero-order chi connectivity index (χ0) is 13.5. The monoisotopic (exact) mass is 250 g/mol. The predicted molar refractivity (Wildman–Crippen MR) is 79.9 cm³/mol. The fourth-order valence-corrected chi connectivity index (χ4v) is 2.51. The normalized spacial score (nSPS) is 12.9. The van der Waals surface area contributed by atoms with Crippen molar-refractivity contribution in [2.24, 2.45) is 7.05 Å². The second-order valence-electron chi connectivity index (χ2n) is 5.46. The van der Waals surface area contributed by atoms with E-state index in [0.29, 0.717) is 6.04 Å². The highest BCUT2D eigenvalue weighted by atomic mass is 15.0. The van der Waals surface area contributed by atoms with Crippen LogP contribution in [0.4, 0.5) is 0 Å². The van der Waals surface area contributed by atoms with Gasteiger partial charge in [0.25, 0.3) is 0 Å². The Bertz CT molecular complexity index is 352. The number of aryl methyl sites for hydroxylation is 1. The maximum absolute atomic E-state index is 3.74. The Hall–Kier alpha value is -0.760. The molecule has 18 heavy (non-hydrogen) atoms. The van der Waals surface area contributed by atoms with Crippen molar-refractivity contribution in [1.29, 1.82) is 0 Å². The topological polar surface area (TPSA) is 17.0 Å². The van der Waals surface area contributed by atoms with E-state index in [1.165, 1.54) is 49.1 Å². The fourth-order valence-electron chi connectivity index (χ4n) is 2.51. The van der Waals surface area contributed by atoms with E-state index in [1.807, 2.05) is 0 Å². The van der Waals surface area contributed by atoms with Crippen molar-refractivity contribution in [1.82, 2.24) is 9.88 Å². The molecule has 0 radical (unpaired) electrons. The van der Waals surface area contributed by atoms with Gasteiger partial charge in [-0.1, -0.05) is 33.1 Å². The SMILES string of the molecule is CCCCC(CCC)NCc1cc(C)n(C)c1C. The summed E-state index contributed by atoms with van der Waals surface area (Å²) in [6, 6.07) is 3.00. The van der Waals surface area contributed by atoms with E-state index in [9.17, 15) is 0 Å². The van der Waals surface area contributed by atoms with E-state index in [-0.39, 0.29) is 0 Å². The van der Waals surface area contributed by atoms with Gasteiger partial charge in [0.15, 0.2) is 0 Å². The highest BCUT2D eigenvalue weighted by Crippen LogP contribution is 2.14. The molecule has 0 aliphatic rings. The van der Waals surface area contributed by atoms with Crippen LogP contribution in [0.3, 0.4) is 0 Å². The van der Waals surface area contributed by atoms with E-state index in [1.54, 1.807) is 0 Å². The van der Waals surface area contributed by atoms with Crippen molar-refractivity contribution in [3.63, 3.8) is 0 Å². The fraction of sp³-hybridized carbons (Fsp3) is 0.750. The van der Waals surface area contributed by atoms with Crippen LogP contribution >= 0.6 is 0 Å². The largest absolute Gasteiger partial charge is 0.352 e. The van der Waals surface area contributed by atoms with Gasteiger partial charge in [-0.2, -0.15) is 0 Å². The summed E-state index contributed by atoms with van der Waals surface area (Å²) < 4.78 is 2.28. The number of nitrogens with one attached hydrogen (secondary N) is 1. The summed E-state index contributed by atoms with van der Waals surface area (Å²) in [6.07, 6.45) is 6.52. The van der Waals surface area contributed by atoms with Gasteiger partial charge in [-0.15, -0.1) is 0 Å². The molecule has 0 fully saturated rings. The Morgan fingerprint density at radius 3 is 2.39 bits per heavy atom. The van der Waals surface area contributed by atoms with Gasteiger partial charge in [-0.05, 0) is 38.3 Å². The summed E-state index contributed by atoms with van der Waals surface area (Å²) in [6.45, 7) is 9.95. The molecule has 0 saturated carbocycles. The molecule has 1 aromatic heterocycles. The van der Waals surface area contributed by atoms with Gasteiger partial charge in [0.2, 0.25) is 0 Å². The van der Waals surface area contributed by atoms with Crippen molar-refractivity contribution in [2.45, 2.75) is 72.4 Å². The molecule has 1 heterocycles. The highest BCUT2D eigenvalue weighted by molar-refractivity contribution is 5.26. The molecule has 1 aromatic rings. The average molecular weight is 250 g/mol. The molecular formula is C16H30N2. The number of hydrogen-bond donors (Lipinski definition) is 1. The second kappa shape index (κ2) is 7.63. The van der Waals surface area contributed by atoms with Crippen LogP contribution in [-0.2, 0) is 13.6 Å². The first kappa shape index (κ1) is 15.3. The maximum Gasteiger partial charge on any atom is 0.0225 e. The molecule has 0 amide bonds. The quantitative estimate of drug-likeness (QED) is 0.735. The van der Waals surface area contributed by atoms with E-state index in [4.69, 9.17) is 0 Å². The van der Waals surface area contributed by atoms with Crippen LogP contribution in [0.2, 0.25) is 0 Å². The number of nitrogens with zero attached hydrogens (tertiary/aromatic N) is 1. The minimum absolute atomic E-state index is 0.690. The molecular weight excluding hydrogens is 220 g/mol. The van der Waals surface area contributed by atoms with E-state index < -0.39 is 0 Å². The van der Waals surface area contributed by atoms with Crippen LogP contribution in [0, 0.1) is 13.8 Å². The summed E-state index contributed by atoms with van der Waals surface area (Å²) in [5, 5.41) is 3.74. The number of aromatic nitrogens is 1. The van der Waals surface area contributed by atoms with Crippen LogP contribution in [0.15, 0.2) is 6.07 Å². The molecule has 1 rings (SSSR count). The number of rotatable bonds is 8. The smallest absolute Gasteiger partial charge is 0.0225 e. The average Bonchev–Trinajstić information content (AvgIpc) is 2.60. The zero-order valence-corrected chi connectivity index (χ0v) is 12.8. The molecule has 0 spiro atoms. The lowest BCUT2D eigenvalue weighted by Crippen LogP contribution is -2.28. The summed E-state index contributed by atoms with van der Waals surface area (Å²) >= 11 is 0. The van der Waals surface area contributed by atoms with Gasteiger partial charge in [0, 0.05) is 31.0 Å². The summed E-state index contributed by atoms with van der Waals surface area (Å²) in [5.74, 6) is 0. The van der Waals surface area contributed by atoms with Gasteiger partial charge < -0.3 is 9.88 Å².